The van der Waals surface area contributed by atoms with Crippen LogP contribution in [0.4, 0.5) is 13.2 Å². The smallest absolute Gasteiger partial charge is 0.404 e. The van der Waals surface area contributed by atoms with Crippen LogP contribution in [-0.4, -0.2) is 57.3 Å². The minimum Gasteiger partial charge on any atom is -0.404 e. The minimum absolute atomic E-state index is 0.0506. The molecule has 2 bridgehead atoms. The van der Waals surface area contributed by atoms with Crippen LogP contribution in [0.5, 0.6) is 5.75 Å². The molecule has 1 N–H and O–H groups in total. The minimum atomic E-state index is -5.02. The number of nitrogens with zero attached hydrogens (tertiary/aromatic N) is 1. The third-order valence-corrected chi connectivity index (χ3v) is 5.77. The highest BCUT2D eigenvalue weighted by Gasteiger charge is 2.40. The van der Waals surface area contributed by atoms with Gasteiger partial charge in [0.2, 0.25) is 15.9 Å². The lowest BCUT2D eigenvalue weighted by molar-refractivity contribution is -0.275. The van der Waals surface area contributed by atoms with Crippen LogP contribution in [0.3, 0.4) is 0 Å². The fourth-order valence-corrected chi connectivity index (χ4v) is 4.44. The number of para-hydroxylation sites is 1. The van der Waals surface area contributed by atoms with E-state index in [1.54, 1.807) is 0 Å². The van der Waals surface area contributed by atoms with E-state index in [1.165, 1.54) is 12.1 Å². The summed E-state index contributed by atoms with van der Waals surface area (Å²) in [5.41, 5.74) is 0. The number of ether oxygens (including phenoxy) is 2. The molecule has 11 heteroatoms. The molecule has 2 aliphatic rings. The second-order valence-corrected chi connectivity index (χ2v) is 7.66. The average Bonchev–Trinajstić information content (AvgIpc) is 2.74. The third-order valence-electron chi connectivity index (χ3n) is 3.90. The first-order chi connectivity index (χ1) is 11.7. The second-order valence-electron chi connectivity index (χ2n) is 5.76. The van der Waals surface area contributed by atoms with Crippen LogP contribution in [0.25, 0.3) is 0 Å². The van der Waals surface area contributed by atoms with Gasteiger partial charge in [-0.05, 0) is 12.1 Å². The molecule has 138 valence electrons. The van der Waals surface area contributed by atoms with Gasteiger partial charge in [0.15, 0.2) is 0 Å². The van der Waals surface area contributed by atoms with Gasteiger partial charge < -0.3 is 14.8 Å². The van der Waals surface area contributed by atoms with Crippen molar-refractivity contribution in [2.24, 2.45) is 5.92 Å². The van der Waals surface area contributed by atoms with Crippen molar-refractivity contribution in [3.63, 3.8) is 0 Å². The molecule has 3 rings (SSSR count). The molecule has 0 radical (unpaired) electrons. The highest BCUT2D eigenvalue weighted by atomic mass is 32.2. The van der Waals surface area contributed by atoms with E-state index in [2.05, 4.69) is 10.1 Å². The molecular weight excluding hydrogens is 365 g/mol. The predicted octanol–water partition coefficient (Wildman–Crippen LogP) is 0.721. The van der Waals surface area contributed by atoms with Crippen molar-refractivity contribution >= 4 is 15.9 Å². The van der Waals surface area contributed by atoms with Gasteiger partial charge in [-0.25, -0.2) is 8.42 Å². The number of hydrogen-bond donors (Lipinski definition) is 1. The fraction of sp³-hybridized carbons (Fsp3) is 0.500. The van der Waals surface area contributed by atoms with E-state index in [4.69, 9.17) is 4.74 Å². The Balaban J connectivity index is 1.96. The van der Waals surface area contributed by atoms with Crippen molar-refractivity contribution in [2.45, 2.75) is 17.3 Å². The molecule has 2 heterocycles. The molecule has 1 aromatic rings. The SMILES string of the molecule is O=C1N[C@@H]2COC[C@H]1CN(S(=O)(=O)c1ccccc1OC(F)(F)F)C2. The van der Waals surface area contributed by atoms with Gasteiger partial charge in [-0.15, -0.1) is 13.2 Å². The van der Waals surface area contributed by atoms with E-state index >= 15 is 0 Å². The van der Waals surface area contributed by atoms with Gasteiger partial charge in [0.1, 0.15) is 10.6 Å². The molecule has 0 saturated carbocycles. The number of alkyl halides is 3. The maximum Gasteiger partial charge on any atom is 0.573 e. The summed E-state index contributed by atoms with van der Waals surface area (Å²) >= 11 is 0. The molecule has 7 nitrogen and oxygen atoms in total. The number of halogens is 3. The zero-order valence-electron chi connectivity index (χ0n) is 12.8. The predicted molar refractivity (Wildman–Crippen MR) is 78.1 cm³/mol. The molecule has 2 aliphatic heterocycles. The summed E-state index contributed by atoms with van der Waals surface area (Å²) in [6, 6.07) is 3.97. The number of carbonyl (C=O) groups excluding carboxylic acids is 1. The fourth-order valence-electron chi connectivity index (χ4n) is 2.80. The molecule has 0 spiro atoms. The molecule has 0 aliphatic carbocycles. The van der Waals surface area contributed by atoms with Crippen molar-refractivity contribution in [2.75, 3.05) is 26.3 Å². The summed E-state index contributed by atoms with van der Waals surface area (Å²) in [7, 11) is -4.29. The lowest BCUT2D eigenvalue weighted by Gasteiger charge is -2.27. The van der Waals surface area contributed by atoms with Crippen LogP contribution in [0.2, 0.25) is 0 Å². The number of carbonyl (C=O) groups is 1. The quantitative estimate of drug-likeness (QED) is 0.835. The first kappa shape index (κ1) is 18.0. The maximum atomic E-state index is 12.9. The molecule has 0 aromatic heterocycles. The summed E-state index contributed by atoms with van der Waals surface area (Å²) in [5.74, 6) is -1.86. The van der Waals surface area contributed by atoms with Crippen LogP contribution in [0.1, 0.15) is 0 Å². The summed E-state index contributed by atoms with van der Waals surface area (Å²) in [6.45, 7) is -0.0834. The number of nitrogens with one attached hydrogen (secondary N) is 1. The molecule has 1 amide bonds. The largest absolute Gasteiger partial charge is 0.573 e. The highest BCUT2D eigenvalue weighted by molar-refractivity contribution is 7.89. The lowest BCUT2D eigenvalue weighted by atomic mass is 10.1. The Kier molecular flexibility index (Phi) is 4.64. The Bertz CT molecular complexity index is 768. The van der Waals surface area contributed by atoms with Crippen LogP contribution in [-0.2, 0) is 19.6 Å². The van der Waals surface area contributed by atoms with Crippen molar-refractivity contribution in [3.05, 3.63) is 24.3 Å². The van der Waals surface area contributed by atoms with Crippen molar-refractivity contribution in [1.29, 1.82) is 0 Å². The maximum absolute atomic E-state index is 12.9. The lowest BCUT2D eigenvalue weighted by Crippen LogP contribution is -2.44. The highest BCUT2D eigenvalue weighted by Crippen LogP contribution is 2.32. The Morgan fingerprint density at radius 3 is 2.64 bits per heavy atom. The second kappa shape index (κ2) is 6.46. The Labute approximate surface area is 141 Å². The van der Waals surface area contributed by atoms with Gasteiger partial charge in [-0.1, -0.05) is 12.1 Å². The third kappa shape index (κ3) is 3.88. The number of fused-ring (bicyclic) bond motifs is 3. The Morgan fingerprint density at radius 2 is 1.92 bits per heavy atom. The molecule has 0 unspecified atom stereocenters. The van der Waals surface area contributed by atoms with Gasteiger partial charge in [-0.3, -0.25) is 4.79 Å². The first-order valence-electron chi connectivity index (χ1n) is 7.40. The van der Waals surface area contributed by atoms with Gasteiger partial charge in [0.25, 0.3) is 0 Å². The van der Waals surface area contributed by atoms with E-state index in [0.29, 0.717) is 0 Å². The van der Waals surface area contributed by atoms with Gasteiger partial charge in [0.05, 0.1) is 25.2 Å². The summed E-state index contributed by atoms with van der Waals surface area (Å²) in [4.78, 5) is 11.4. The van der Waals surface area contributed by atoms with Gasteiger partial charge in [0, 0.05) is 13.1 Å². The Hall–Kier alpha value is -1.85. The Morgan fingerprint density at radius 1 is 1.20 bits per heavy atom. The molecule has 2 fully saturated rings. The van der Waals surface area contributed by atoms with Gasteiger partial charge >= 0.3 is 6.36 Å². The van der Waals surface area contributed by atoms with E-state index in [1.807, 2.05) is 0 Å². The van der Waals surface area contributed by atoms with E-state index < -0.39 is 39.0 Å². The van der Waals surface area contributed by atoms with Crippen LogP contribution >= 0.6 is 0 Å². The standard InChI is InChI=1S/C14H15F3N2O5S/c15-14(16,17)24-11-3-1-2-4-12(11)25(21,22)19-5-9-7-23-8-10(6-19)18-13(9)20/h1-4,9-10H,5-8H2,(H,18,20)/t9-,10+/m1/s1. The van der Waals surface area contributed by atoms with E-state index in [-0.39, 0.29) is 32.2 Å². The topological polar surface area (TPSA) is 84.9 Å². The van der Waals surface area contributed by atoms with Crippen molar-refractivity contribution < 1.29 is 35.9 Å². The number of sulfonamides is 1. The number of benzene rings is 1. The van der Waals surface area contributed by atoms with Crippen LogP contribution < -0.4 is 10.1 Å². The monoisotopic (exact) mass is 380 g/mol. The normalized spacial score (nSPS) is 25.2. The van der Waals surface area contributed by atoms with Crippen LogP contribution in [0, 0.1) is 5.92 Å². The number of amides is 1. The number of rotatable bonds is 3. The van der Waals surface area contributed by atoms with E-state index in [0.717, 1.165) is 16.4 Å². The van der Waals surface area contributed by atoms with Crippen molar-refractivity contribution in [1.82, 2.24) is 9.62 Å². The summed E-state index contributed by atoms with van der Waals surface area (Å²) in [6.07, 6.45) is -5.02. The average molecular weight is 380 g/mol. The molecule has 2 atom stereocenters. The van der Waals surface area contributed by atoms with Crippen molar-refractivity contribution in [3.8, 4) is 5.75 Å². The molecule has 25 heavy (non-hydrogen) atoms. The first-order valence-corrected chi connectivity index (χ1v) is 8.84. The van der Waals surface area contributed by atoms with Crippen LogP contribution in [0.15, 0.2) is 29.2 Å². The number of hydrogen-bond acceptors (Lipinski definition) is 5. The zero-order valence-corrected chi connectivity index (χ0v) is 13.6. The van der Waals surface area contributed by atoms with Gasteiger partial charge in [-0.2, -0.15) is 4.31 Å². The molecule has 1 aromatic carbocycles. The summed E-state index contributed by atoms with van der Waals surface area (Å²) in [5, 5.41) is 2.67. The molecular formula is C14H15F3N2O5S. The van der Waals surface area contributed by atoms with E-state index in [9.17, 15) is 26.4 Å². The molecule has 2 saturated heterocycles. The summed E-state index contributed by atoms with van der Waals surface area (Å²) < 4.78 is 73.6. The zero-order chi connectivity index (χ0) is 18.2.